The quantitative estimate of drug-likeness (QED) is 0.540. The van der Waals surface area contributed by atoms with Crippen molar-refractivity contribution in [3.8, 4) is 22.9 Å². The Kier molecular flexibility index (Phi) is 3.42. The van der Waals surface area contributed by atoms with Crippen molar-refractivity contribution in [2.75, 3.05) is 0 Å². The summed E-state index contributed by atoms with van der Waals surface area (Å²) in [5, 5.41) is 18.8. The van der Waals surface area contributed by atoms with Crippen molar-refractivity contribution in [3.05, 3.63) is 63.7 Å². The molecule has 0 atom stereocenters. The number of nitro benzene ring substituents is 1. The van der Waals surface area contributed by atoms with Gasteiger partial charge in [0.25, 0.3) is 5.69 Å². The lowest BCUT2D eigenvalue weighted by atomic mass is 10.1. The van der Waals surface area contributed by atoms with E-state index in [1.165, 1.54) is 17.7 Å². The molecule has 0 amide bonds. The molecule has 0 fully saturated rings. The van der Waals surface area contributed by atoms with E-state index in [4.69, 9.17) is 4.42 Å². The summed E-state index contributed by atoms with van der Waals surface area (Å²) in [6, 6.07) is 12.0. The zero-order valence-corrected chi connectivity index (χ0v) is 12.1. The van der Waals surface area contributed by atoms with Gasteiger partial charge in [-0.25, -0.2) is 0 Å². The van der Waals surface area contributed by atoms with Crippen molar-refractivity contribution in [2.45, 2.75) is 13.8 Å². The van der Waals surface area contributed by atoms with Crippen molar-refractivity contribution >= 4 is 5.69 Å². The number of aromatic nitrogens is 2. The molecule has 0 spiro atoms. The minimum Gasteiger partial charge on any atom is -0.416 e. The predicted molar refractivity (Wildman–Crippen MR) is 81.3 cm³/mol. The van der Waals surface area contributed by atoms with Crippen LogP contribution in [-0.4, -0.2) is 15.1 Å². The van der Waals surface area contributed by atoms with Gasteiger partial charge in [0.1, 0.15) is 0 Å². The van der Waals surface area contributed by atoms with Crippen molar-refractivity contribution in [3.63, 3.8) is 0 Å². The maximum atomic E-state index is 10.8. The average Bonchev–Trinajstić information content (AvgIpc) is 3.00. The van der Waals surface area contributed by atoms with Crippen molar-refractivity contribution < 1.29 is 9.34 Å². The highest BCUT2D eigenvalue weighted by atomic mass is 16.6. The highest BCUT2D eigenvalue weighted by molar-refractivity contribution is 5.61. The smallest absolute Gasteiger partial charge is 0.270 e. The van der Waals surface area contributed by atoms with E-state index in [1.807, 2.05) is 32.0 Å². The normalized spacial score (nSPS) is 10.6. The minimum absolute atomic E-state index is 0.0107. The van der Waals surface area contributed by atoms with E-state index in [1.54, 1.807) is 12.1 Å². The molecule has 1 heterocycles. The Morgan fingerprint density at radius 2 is 1.64 bits per heavy atom. The molecule has 110 valence electrons. The summed E-state index contributed by atoms with van der Waals surface area (Å²) < 4.78 is 5.64. The number of hydrogen-bond donors (Lipinski definition) is 0. The molecule has 0 aliphatic heterocycles. The molecule has 3 aromatic rings. The molecule has 0 aliphatic carbocycles. The first-order valence-corrected chi connectivity index (χ1v) is 6.70. The largest absolute Gasteiger partial charge is 0.416 e. The molecule has 0 N–H and O–H groups in total. The summed E-state index contributed by atoms with van der Waals surface area (Å²) in [6.07, 6.45) is 0. The lowest BCUT2D eigenvalue weighted by molar-refractivity contribution is -0.384. The van der Waals surface area contributed by atoms with Crippen LogP contribution in [0.5, 0.6) is 0 Å². The van der Waals surface area contributed by atoms with Crippen LogP contribution in [0.25, 0.3) is 22.9 Å². The first-order chi connectivity index (χ1) is 10.5. The number of rotatable bonds is 3. The number of non-ortho nitro benzene ring substituents is 1. The fourth-order valence-corrected chi connectivity index (χ4v) is 2.08. The van der Waals surface area contributed by atoms with E-state index in [0.717, 1.165) is 11.1 Å². The second-order valence-corrected chi connectivity index (χ2v) is 5.02. The molecule has 0 aliphatic rings. The monoisotopic (exact) mass is 295 g/mol. The zero-order valence-electron chi connectivity index (χ0n) is 12.1. The maximum Gasteiger partial charge on any atom is 0.270 e. The number of hydrogen-bond acceptors (Lipinski definition) is 5. The molecule has 6 heteroatoms. The van der Waals surface area contributed by atoms with Crippen molar-refractivity contribution in [1.82, 2.24) is 10.2 Å². The van der Waals surface area contributed by atoms with Crippen LogP contribution >= 0.6 is 0 Å². The summed E-state index contributed by atoms with van der Waals surface area (Å²) in [5.74, 6) is 0.654. The van der Waals surface area contributed by atoms with Gasteiger partial charge in [0.2, 0.25) is 11.8 Å². The van der Waals surface area contributed by atoms with Gasteiger partial charge in [-0.3, -0.25) is 10.1 Å². The van der Waals surface area contributed by atoms with Crippen LogP contribution in [0.1, 0.15) is 11.1 Å². The SMILES string of the molecule is Cc1ccc(-c2nnc(-c3cccc([N+](=O)[O-])c3)o2)cc1C. The van der Waals surface area contributed by atoms with Gasteiger partial charge in [0.15, 0.2) is 0 Å². The first-order valence-electron chi connectivity index (χ1n) is 6.70. The van der Waals surface area contributed by atoms with Gasteiger partial charge in [0.05, 0.1) is 4.92 Å². The average molecular weight is 295 g/mol. The molecule has 0 saturated heterocycles. The van der Waals surface area contributed by atoms with Gasteiger partial charge >= 0.3 is 0 Å². The van der Waals surface area contributed by atoms with Gasteiger partial charge < -0.3 is 4.42 Å². The van der Waals surface area contributed by atoms with E-state index >= 15 is 0 Å². The van der Waals surface area contributed by atoms with Crippen LogP contribution in [0.4, 0.5) is 5.69 Å². The Morgan fingerprint density at radius 3 is 2.27 bits per heavy atom. The lowest BCUT2D eigenvalue weighted by Gasteiger charge is -2.01. The second kappa shape index (κ2) is 5.40. The first kappa shape index (κ1) is 13.9. The molecule has 1 aromatic heterocycles. The molecule has 2 aromatic carbocycles. The number of nitro groups is 1. The summed E-state index contributed by atoms with van der Waals surface area (Å²) in [6.45, 7) is 4.04. The van der Waals surface area contributed by atoms with Crippen LogP contribution < -0.4 is 0 Å². The lowest BCUT2D eigenvalue weighted by Crippen LogP contribution is -1.88. The third-order valence-corrected chi connectivity index (χ3v) is 3.48. The number of benzene rings is 2. The van der Waals surface area contributed by atoms with Gasteiger partial charge in [-0.2, -0.15) is 0 Å². The third-order valence-electron chi connectivity index (χ3n) is 3.48. The second-order valence-electron chi connectivity index (χ2n) is 5.02. The molecule has 0 bridgehead atoms. The molecule has 6 nitrogen and oxygen atoms in total. The van der Waals surface area contributed by atoms with E-state index in [-0.39, 0.29) is 11.6 Å². The molecular weight excluding hydrogens is 282 g/mol. The van der Waals surface area contributed by atoms with Crippen LogP contribution in [0, 0.1) is 24.0 Å². The predicted octanol–water partition coefficient (Wildman–Crippen LogP) is 3.93. The van der Waals surface area contributed by atoms with Gasteiger partial charge in [-0.05, 0) is 43.2 Å². The molecule has 0 unspecified atom stereocenters. The fourth-order valence-electron chi connectivity index (χ4n) is 2.08. The highest BCUT2D eigenvalue weighted by Crippen LogP contribution is 2.27. The van der Waals surface area contributed by atoms with Crippen molar-refractivity contribution in [1.29, 1.82) is 0 Å². The molecule has 22 heavy (non-hydrogen) atoms. The van der Waals surface area contributed by atoms with Crippen LogP contribution in [-0.2, 0) is 0 Å². The summed E-state index contributed by atoms with van der Waals surface area (Å²) in [5.41, 5.74) is 3.65. The number of nitrogens with zero attached hydrogens (tertiary/aromatic N) is 3. The Morgan fingerprint density at radius 1 is 0.955 bits per heavy atom. The third kappa shape index (κ3) is 2.58. The van der Waals surface area contributed by atoms with Crippen LogP contribution in [0.3, 0.4) is 0 Å². The summed E-state index contributed by atoms with van der Waals surface area (Å²) in [4.78, 5) is 10.4. The van der Waals surface area contributed by atoms with E-state index in [0.29, 0.717) is 11.5 Å². The van der Waals surface area contributed by atoms with Gasteiger partial charge in [-0.1, -0.05) is 12.1 Å². The molecule has 3 rings (SSSR count). The highest BCUT2D eigenvalue weighted by Gasteiger charge is 2.14. The Hall–Kier alpha value is -3.02. The maximum absolute atomic E-state index is 10.8. The van der Waals surface area contributed by atoms with Gasteiger partial charge in [0, 0.05) is 23.3 Å². The molecule has 0 radical (unpaired) electrons. The fraction of sp³-hybridized carbons (Fsp3) is 0.125. The standard InChI is InChI=1S/C16H13N3O3/c1-10-6-7-13(8-11(10)2)16-18-17-15(22-16)12-4-3-5-14(9-12)19(20)21/h3-9H,1-2H3. The topological polar surface area (TPSA) is 82.1 Å². The molecular formula is C16H13N3O3. The van der Waals surface area contributed by atoms with E-state index in [9.17, 15) is 10.1 Å². The van der Waals surface area contributed by atoms with Gasteiger partial charge in [-0.15, -0.1) is 10.2 Å². The van der Waals surface area contributed by atoms with Crippen molar-refractivity contribution in [2.24, 2.45) is 0 Å². The number of aryl methyl sites for hydroxylation is 2. The minimum atomic E-state index is -0.454. The van der Waals surface area contributed by atoms with Crippen LogP contribution in [0.15, 0.2) is 46.9 Å². The summed E-state index contributed by atoms with van der Waals surface area (Å²) in [7, 11) is 0. The Labute approximate surface area is 126 Å². The van der Waals surface area contributed by atoms with Crippen LogP contribution in [0.2, 0.25) is 0 Å². The van der Waals surface area contributed by atoms with E-state index < -0.39 is 4.92 Å². The zero-order chi connectivity index (χ0) is 15.7. The summed E-state index contributed by atoms with van der Waals surface area (Å²) >= 11 is 0. The van der Waals surface area contributed by atoms with E-state index in [2.05, 4.69) is 10.2 Å². The molecule has 0 saturated carbocycles. The Bertz CT molecular complexity index is 855. The Balaban J connectivity index is 1.98.